The lowest BCUT2D eigenvalue weighted by Gasteiger charge is -2.02. The van der Waals surface area contributed by atoms with Crippen molar-refractivity contribution in [2.45, 2.75) is 13.1 Å². The maximum atomic E-state index is 4.29. The van der Waals surface area contributed by atoms with Crippen molar-refractivity contribution < 1.29 is 0 Å². The first-order valence-electron chi connectivity index (χ1n) is 5.91. The average Bonchev–Trinajstić information content (AvgIpc) is 3.04. The first-order valence-corrected chi connectivity index (χ1v) is 5.91. The van der Waals surface area contributed by atoms with Gasteiger partial charge in [0.15, 0.2) is 11.5 Å². The van der Waals surface area contributed by atoms with Crippen LogP contribution in [-0.4, -0.2) is 19.8 Å². The quantitative estimate of drug-likeness (QED) is 0.695. The Kier molecular flexibility index (Phi) is 1.95. The summed E-state index contributed by atoms with van der Waals surface area (Å²) in [6.45, 7) is 1.88. The minimum atomic E-state index is 0.770. The van der Waals surface area contributed by atoms with Crippen LogP contribution < -0.4 is 5.32 Å². The molecule has 0 unspecified atom stereocenters. The minimum absolute atomic E-state index is 0.770. The molecule has 1 aliphatic rings. The smallest absolute Gasteiger partial charge is 0.185 e. The van der Waals surface area contributed by atoms with Crippen LogP contribution in [0.25, 0.3) is 17.0 Å². The summed E-state index contributed by atoms with van der Waals surface area (Å²) in [5, 5.41) is 16.0. The van der Waals surface area contributed by atoms with Crippen molar-refractivity contribution in [3.63, 3.8) is 0 Å². The van der Waals surface area contributed by atoms with Crippen molar-refractivity contribution in [3.8, 4) is 11.4 Å². The van der Waals surface area contributed by atoms with E-state index in [0.29, 0.717) is 0 Å². The molecule has 0 atom stereocenters. The lowest BCUT2D eigenvalue weighted by Crippen LogP contribution is -1.99. The Bertz CT molecular complexity index is 731. The summed E-state index contributed by atoms with van der Waals surface area (Å²) in [5.41, 5.74) is 4.52. The molecule has 1 N–H and O–H groups in total. The maximum Gasteiger partial charge on any atom is 0.185 e. The molecule has 1 aromatic carbocycles. The molecular weight excluding hydrogens is 226 g/mol. The van der Waals surface area contributed by atoms with E-state index in [2.05, 4.69) is 38.8 Å². The van der Waals surface area contributed by atoms with Crippen LogP contribution in [0.3, 0.4) is 0 Å². The van der Waals surface area contributed by atoms with Gasteiger partial charge in [0.1, 0.15) is 0 Å². The number of nitrogens with zero attached hydrogens (tertiary/aromatic N) is 4. The Hall–Kier alpha value is -2.27. The molecule has 0 radical (unpaired) electrons. The lowest BCUT2D eigenvalue weighted by molar-refractivity contribution is 0.765. The molecule has 5 heteroatoms. The van der Waals surface area contributed by atoms with E-state index in [1.54, 1.807) is 10.7 Å². The van der Waals surface area contributed by atoms with E-state index in [4.69, 9.17) is 0 Å². The number of aromatic nitrogens is 4. The number of rotatable bonds is 1. The van der Waals surface area contributed by atoms with Gasteiger partial charge in [-0.15, -0.1) is 10.2 Å². The van der Waals surface area contributed by atoms with E-state index in [1.807, 2.05) is 12.1 Å². The second-order valence-corrected chi connectivity index (χ2v) is 4.40. The standard InChI is InChI=1S/C13H11N5/c1-2-12-16-17-13(18(12)15-5-1)9-3-4-10-7-14-8-11(10)6-9/h1-6,14H,7-8H2. The number of fused-ring (bicyclic) bond motifs is 2. The van der Waals surface area contributed by atoms with E-state index in [-0.39, 0.29) is 0 Å². The Labute approximate surface area is 103 Å². The summed E-state index contributed by atoms with van der Waals surface area (Å²) < 4.78 is 1.77. The van der Waals surface area contributed by atoms with Crippen molar-refractivity contribution in [2.75, 3.05) is 0 Å². The molecule has 1 aliphatic heterocycles. The molecule has 18 heavy (non-hydrogen) atoms. The molecular formula is C13H11N5. The van der Waals surface area contributed by atoms with Gasteiger partial charge in [-0.25, -0.2) is 0 Å². The predicted molar refractivity (Wildman–Crippen MR) is 66.8 cm³/mol. The SMILES string of the molecule is c1cnn2c(-c3ccc4c(c3)CNC4)nnc2c1. The van der Waals surface area contributed by atoms with E-state index >= 15 is 0 Å². The van der Waals surface area contributed by atoms with Crippen LogP contribution in [0.4, 0.5) is 0 Å². The molecule has 0 aliphatic carbocycles. The molecule has 4 rings (SSSR count). The molecule has 3 aromatic rings. The van der Waals surface area contributed by atoms with Crippen LogP contribution in [0.1, 0.15) is 11.1 Å². The largest absolute Gasteiger partial charge is 0.309 e. The third-order valence-electron chi connectivity index (χ3n) is 3.27. The minimum Gasteiger partial charge on any atom is -0.309 e. The van der Waals surface area contributed by atoms with E-state index in [1.165, 1.54) is 11.1 Å². The fourth-order valence-corrected chi connectivity index (χ4v) is 2.36. The Balaban J connectivity index is 1.92. The van der Waals surface area contributed by atoms with Gasteiger partial charge in [-0.05, 0) is 29.3 Å². The Morgan fingerprint density at radius 3 is 3.00 bits per heavy atom. The zero-order chi connectivity index (χ0) is 11.9. The van der Waals surface area contributed by atoms with Gasteiger partial charge >= 0.3 is 0 Å². The molecule has 0 bridgehead atoms. The van der Waals surface area contributed by atoms with Crippen molar-refractivity contribution in [1.82, 2.24) is 25.1 Å². The molecule has 5 nitrogen and oxygen atoms in total. The Morgan fingerprint density at radius 2 is 2.00 bits per heavy atom. The number of hydrogen-bond acceptors (Lipinski definition) is 4. The number of benzene rings is 1. The summed E-state index contributed by atoms with van der Waals surface area (Å²) in [7, 11) is 0. The van der Waals surface area contributed by atoms with Gasteiger partial charge in [0, 0.05) is 24.8 Å². The zero-order valence-corrected chi connectivity index (χ0v) is 9.67. The molecule has 0 saturated heterocycles. The molecule has 0 fully saturated rings. The predicted octanol–water partition coefficient (Wildman–Crippen LogP) is 1.39. The highest BCUT2D eigenvalue weighted by Crippen LogP contribution is 2.23. The number of hydrogen-bond donors (Lipinski definition) is 1. The molecule has 0 saturated carbocycles. The van der Waals surface area contributed by atoms with Crippen molar-refractivity contribution in [2.24, 2.45) is 0 Å². The van der Waals surface area contributed by atoms with Gasteiger partial charge in [0.25, 0.3) is 0 Å². The van der Waals surface area contributed by atoms with Gasteiger partial charge in [-0.3, -0.25) is 0 Å². The lowest BCUT2D eigenvalue weighted by atomic mass is 10.1. The maximum absolute atomic E-state index is 4.29. The summed E-state index contributed by atoms with van der Waals surface area (Å²) in [6.07, 6.45) is 1.74. The fourth-order valence-electron chi connectivity index (χ4n) is 2.36. The highest BCUT2D eigenvalue weighted by molar-refractivity contribution is 5.60. The molecule has 0 spiro atoms. The van der Waals surface area contributed by atoms with Crippen molar-refractivity contribution in [3.05, 3.63) is 47.7 Å². The second kappa shape index (κ2) is 3.61. The molecule has 2 aromatic heterocycles. The van der Waals surface area contributed by atoms with Crippen LogP contribution in [0.5, 0.6) is 0 Å². The monoisotopic (exact) mass is 237 g/mol. The summed E-state index contributed by atoms with van der Waals surface area (Å²) >= 11 is 0. The number of nitrogens with one attached hydrogen (secondary N) is 1. The van der Waals surface area contributed by atoms with E-state index < -0.39 is 0 Å². The summed E-state index contributed by atoms with van der Waals surface area (Å²) in [5.74, 6) is 0.792. The Morgan fingerprint density at radius 1 is 1.06 bits per heavy atom. The zero-order valence-electron chi connectivity index (χ0n) is 9.67. The van der Waals surface area contributed by atoms with Crippen molar-refractivity contribution >= 4 is 5.65 Å². The topological polar surface area (TPSA) is 55.1 Å². The van der Waals surface area contributed by atoms with Gasteiger partial charge < -0.3 is 5.32 Å². The highest BCUT2D eigenvalue weighted by atomic mass is 15.4. The summed E-state index contributed by atoms with van der Waals surface area (Å²) in [6, 6.07) is 10.2. The fraction of sp³-hybridized carbons (Fsp3) is 0.154. The van der Waals surface area contributed by atoms with Gasteiger partial charge in [-0.2, -0.15) is 9.61 Å². The van der Waals surface area contributed by atoms with Gasteiger partial charge in [-0.1, -0.05) is 12.1 Å². The average molecular weight is 237 g/mol. The highest BCUT2D eigenvalue weighted by Gasteiger charge is 2.14. The molecule has 0 amide bonds. The first kappa shape index (κ1) is 9.73. The normalized spacial score (nSPS) is 14.0. The third-order valence-corrected chi connectivity index (χ3v) is 3.27. The summed E-state index contributed by atoms with van der Waals surface area (Å²) in [4.78, 5) is 0. The molecule has 3 heterocycles. The van der Waals surface area contributed by atoms with Crippen LogP contribution in [0.2, 0.25) is 0 Å². The van der Waals surface area contributed by atoms with Crippen LogP contribution >= 0.6 is 0 Å². The second-order valence-electron chi connectivity index (χ2n) is 4.40. The van der Waals surface area contributed by atoms with Gasteiger partial charge in [0.2, 0.25) is 0 Å². The van der Waals surface area contributed by atoms with E-state index in [0.717, 1.165) is 30.1 Å². The van der Waals surface area contributed by atoms with E-state index in [9.17, 15) is 0 Å². The third kappa shape index (κ3) is 1.34. The van der Waals surface area contributed by atoms with Crippen LogP contribution in [0.15, 0.2) is 36.5 Å². The van der Waals surface area contributed by atoms with Crippen LogP contribution in [0, 0.1) is 0 Å². The van der Waals surface area contributed by atoms with Crippen LogP contribution in [-0.2, 0) is 13.1 Å². The molecule has 88 valence electrons. The van der Waals surface area contributed by atoms with Crippen molar-refractivity contribution in [1.29, 1.82) is 0 Å². The first-order chi connectivity index (χ1) is 8.92. The van der Waals surface area contributed by atoms with Gasteiger partial charge in [0.05, 0.1) is 0 Å².